The lowest BCUT2D eigenvalue weighted by Crippen LogP contribution is -2.43. The summed E-state index contributed by atoms with van der Waals surface area (Å²) >= 11 is 0. The Balaban J connectivity index is 1.31. The van der Waals surface area contributed by atoms with E-state index in [1.54, 1.807) is 0 Å². The van der Waals surface area contributed by atoms with E-state index in [1.807, 2.05) is 81.1 Å². The smallest absolute Gasteiger partial charge is 0.453 e. The Morgan fingerprint density at radius 1 is 1.10 bits per heavy atom. The first-order valence-corrected chi connectivity index (χ1v) is 13.6. The van der Waals surface area contributed by atoms with Crippen molar-refractivity contribution in [1.29, 1.82) is 0 Å². The molecule has 0 unspecified atom stereocenters. The number of carbonyl (C=O) groups is 2. The summed E-state index contributed by atoms with van der Waals surface area (Å²) in [4.78, 5) is 36.5. The van der Waals surface area contributed by atoms with Crippen LogP contribution in [0.25, 0.3) is 11.0 Å². The molecule has 3 heterocycles. The number of aromatic amines is 1. The van der Waals surface area contributed by atoms with Gasteiger partial charge in [-0.15, -0.1) is 0 Å². The molecule has 2 aromatic carbocycles. The predicted molar refractivity (Wildman–Crippen MR) is 147 cm³/mol. The number of ether oxygens (including phenoxy) is 1. The van der Waals surface area contributed by atoms with E-state index in [4.69, 9.17) is 19.0 Å². The summed E-state index contributed by atoms with van der Waals surface area (Å²) in [5.41, 5.74) is 2.57. The zero-order chi connectivity index (χ0) is 27.6. The van der Waals surface area contributed by atoms with Crippen LogP contribution in [0.15, 0.2) is 48.5 Å². The molecular weight excluding hydrogens is 495 g/mol. The number of nitrogens with zero attached hydrogens (tertiary/aromatic N) is 2. The molecule has 1 aliphatic carbocycles. The molecule has 10 heteroatoms. The lowest BCUT2D eigenvalue weighted by molar-refractivity contribution is -0.134. The topological polar surface area (TPSA) is 106 Å². The summed E-state index contributed by atoms with van der Waals surface area (Å²) < 4.78 is 17.3. The summed E-state index contributed by atoms with van der Waals surface area (Å²) in [6.07, 6.45) is 2.36. The summed E-state index contributed by atoms with van der Waals surface area (Å²) in [6, 6.07) is 14.2. The third kappa shape index (κ3) is 4.59. The third-order valence-corrected chi connectivity index (χ3v) is 8.94. The van der Waals surface area contributed by atoms with E-state index in [9.17, 15) is 9.59 Å². The first-order chi connectivity index (χ1) is 18.5. The van der Waals surface area contributed by atoms with E-state index in [2.05, 4.69) is 10.3 Å². The lowest BCUT2D eigenvalue weighted by atomic mass is 9.79. The second-order valence-corrected chi connectivity index (χ2v) is 12.2. The Morgan fingerprint density at radius 2 is 1.79 bits per heavy atom. The van der Waals surface area contributed by atoms with E-state index < -0.39 is 30.5 Å². The Hall–Kier alpha value is -3.37. The molecule has 3 fully saturated rings. The molecule has 0 bridgehead atoms. The van der Waals surface area contributed by atoms with Crippen molar-refractivity contribution in [3.63, 3.8) is 0 Å². The van der Waals surface area contributed by atoms with Gasteiger partial charge in [0.25, 0.3) is 5.91 Å². The first kappa shape index (κ1) is 25.9. The van der Waals surface area contributed by atoms with E-state index in [0.29, 0.717) is 12.1 Å². The summed E-state index contributed by atoms with van der Waals surface area (Å²) in [6.45, 7) is 8.79. The van der Waals surface area contributed by atoms with Crippen LogP contribution in [-0.2, 0) is 18.8 Å². The quantitative estimate of drug-likeness (QED) is 0.483. The minimum absolute atomic E-state index is 0.111. The molecular formula is C29H35BN4O5. The van der Waals surface area contributed by atoms with Gasteiger partial charge in [0.1, 0.15) is 11.9 Å². The lowest BCUT2D eigenvalue weighted by Gasteiger charge is -2.32. The SMILES string of the molecule is COC(=O)N[C@H](C(=O)N1CC2(CC2)C[C@H]1c1nc2ccc(B3OC(C)(C)C(C)(C)O3)cc2[nH]1)c1ccccc1. The van der Waals surface area contributed by atoms with E-state index in [-0.39, 0.29) is 17.4 Å². The Labute approximate surface area is 228 Å². The number of nitrogens with one attached hydrogen (secondary N) is 2. The van der Waals surface area contributed by atoms with Crippen molar-refractivity contribution in [2.45, 2.75) is 70.2 Å². The van der Waals surface area contributed by atoms with E-state index in [1.165, 1.54) is 7.11 Å². The zero-order valence-electron chi connectivity index (χ0n) is 23.1. The number of likely N-dealkylation sites (tertiary alicyclic amines) is 1. The summed E-state index contributed by atoms with van der Waals surface area (Å²) in [5, 5.41) is 2.75. The number of rotatable bonds is 5. The van der Waals surface area contributed by atoms with Crippen molar-refractivity contribution < 1.29 is 23.6 Å². The maximum Gasteiger partial charge on any atom is 0.494 e. The minimum Gasteiger partial charge on any atom is -0.453 e. The van der Waals surface area contributed by atoms with Crippen molar-refractivity contribution in [1.82, 2.24) is 20.2 Å². The molecule has 1 spiro atoms. The largest absolute Gasteiger partial charge is 0.494 e. The number of carbonyl (C=O) groups excluding carboxylic acids is 2. The van der Waals surface area contributed by atoms with Crippen LogP contribution in [0.2, 0.25) is 0 Å². The number of imidazole rings is 1. The molecule has 2 saturated heterocycles. The molecule has 2 N–H and O–H groups in total. The molecule has 2 aliphatic heterocycles. The first-order valence-electron chi connectivity index (χ1n) is 13.6. The fourth-order valence-electron chi connectivity index (χ4n) is 5.68. The molecule has 1 saturated carbocycles. The van der Waals surface area contributed by atoms with Gasteiger partial charge in [0.15, 0.2) is 0 Å². The standard InChI is InChI=1S/C29H35BN4O5/c1-27(2)28(3,4)39-30(38-27)19-11-12-20-21(15-19)32-24(31-20)22-16-29(13-14-29)17-34(22)25(35)23(33-26(36)37-5)18-9-7-6-8-10-18/h6-12,15,22-23H,13-14,16-17H2,1-5H3,(H,31,32)(H,33,36)/t22-,23-/m0/s1. The summed E-state index contributed by atoms with van der Waals surface area (Å²) in [7, 11) is 0.827. The van der Waals surface area contributed by atoms with Crippen LogP contribution in [0, 0.1) is 5.41 Å². The highest BCUT2D eigenvalue weighted by molar-refractivity contribution is 6.62. The molecule has 0 radical (unpaired) electrons. The van der Waals surface area contributed by atoms with Crippen LogP contribution < -0.4 is 10.8 Å². The van der Waals surface area contributed by atoms with Crippen LogP contribution in [0.1, 0.15) is 70.4 Å². The highest BCUT2D eigenvalue weighted by Crippen LogP contribution is 2.58. The second-order valence-electron chi connectivity index (χ2n) is 12.2. The van der Waals surface area contributed by atoms with Gasteiger partial charge in [0.2, 0.25) is 0 Å². The van der Waals surface area contributed by atoms with Gasteiger partial charge in [-0.3, -0.25) is 4.79 Å². The number of hydrogen-bond donors (Lipinski definition) is 2. The van der Waals surface area contributed by atoms with E-state index >= 15 is 0 Å². The van der Waals surface area contributed by atoms with Gasteiger partial charge in [0.05, 0.1) is 35.4 Å². The van der Waals surface area contributed by atoms with Crippen LogP contribution in [-0.4, -0.2) is 58.8 Å². The average Bonchev–Trinajstić information content (AvgIpc) is 3.26. The van der Waals surface area contributed by atoms with Crippen molar-refractivity contribution in [3.05, 3.63) is 59.9 Å². The van der Waals surface area contributed by atoms with Gasteiger partial charge in [-0.1, -0.05) is 36.4 Å². The Kier molecular flexibility index (Phi) is 6.04. The normalized spacial score (nSPS) is 23.3. The van der Waals surface area contributed by atoms with Gasteiger partial charge in [-0.05, 0) is 75.5 Å². The average molecular weight is 530 g/mol. The minimum atomic E-state index is -0.852. The molecule has 204 valence electrons. The number of H-pyrrole nitrogens is 1. The summed E-state index contributed by atoms with van der Waals surface area (Å²) in [5.74, 6) is 0.580. The molecule has 6 rings (SSSR count). The van der Waals surface area contributed by atoms with Gasteiger partial charge >= 0.3 is 13.2 Å². The molecule has 39 heavy (non-hydrogen) atoms. The van der Waals surface area contributed by atoms with Crippen LogP contribution in [0.3, 0.4) is 0 Å². The number of hydrogen-bond acceptors (Lipinski definition) is 6. The van der Waals surface area contributed by atoms with Crippen molar-refractivity contribution in [2.75, 3.05) is 13.7 Å². The predicted octanol–water partition coefficient (Wildman–Crippen LogP) is 4.01. The number of fused-ring (bicyclic) bond motifs is 1. The van der Waals surface area contributed by atoms with Gasteiger partial charge in [-0.2, -0.15) is 0 Å². The fraction of sp³-hybridized carbons (Fsp3) is 0.483. The number of amides is 2. The number of alkyl carbamates (subject to hydrolysis) is 1. The van der Waals surface area contributed by atoms with Crippen LogP contribution >= 0.6 is 0 Å². The van der Waals surface area contributed by atoms with Crippen LogP contribution in [0.5, 0.6) is 0 Å². The third-order valence-electron chi connectivity index (χ3n) is 8.94. The zero-order valence-corrected chi connectivity index (χ0v) is 23.1. The molecule has 1 aromatic heterocycles. The molecule has 3 aliphatic rings. The molecule has 2 amide bonds. The molecule has 9 nitrogen and oxygen atoms in total. The number of benzene rings is 2. The van der Waals surface area contributed by atoms with Crippen molar-refractivity contribution in [3.8, 4) is 0 Å². The van der Waals surface area contributed by atoms with Crippen molar-refractivity contribution >= 4 is 35.6 Å². The second kappa shape index (κ2) is 9.10. The van der Waals surface area contributed by atoms with Gasteiger partial charge in [0, 0.05) is 6.54 Å². The fourth-order valence-corrected chi connectivity index (χ4v) is 5.68. The highest BCUT2D eigenvalue weighted by atomic mass is 16.7. The van der Waals surface area contributed by atoms with Gasteiger partial charge < -0.3 is 29.2 Å². The van der Waals surface area contributed by atoms with E-state index in [0.717, 1.165) is 41.6 Å². The number of methoxy groups -OCH3 is 1. The maximum atomic E-state index is 14.0. The molecule has 3 aromatic rings. The van der Waals surface area contributed by atoms with Crippen LogP contribution in [0.4, 0.5) is 4.79 Å². The molecule has 2 atom stereocenters. The van der Waals surface area contributed by atoms with Crippen molar-refractivity contribution in [2.24, 2.45) is 5.41 Å². The van der Waals surface area contributed by atoms with Gasteiger partial charge in [-0.25, -0.2) is 9.78 Å². The number of aromatic nitrogens is 2. The Bertz CT molecular complexity index is 1400. The highest BCUT2D eigenvalue weighted by Gasteiger charge is 2.55. The monoisotopic (exact) mass is 530 g/mol. The Morgan fingerprint density at radius 3 is 2.44 bits per heavy atom. The maximum absolute atomic E-state index is 14.0.